The molecule has 2 rings (SSSR count). The van der Waals surface area contributed by atoms with E-state index in [1.54, 1.807) is 16.7 Å². The quantitative estimate of drug-likeness (QED) is 0.815. The number of halogens is 1. The highest BCUT2D eigenvalue weighted by Gasteiger charge is 2.34. The number of carbonyl (C=O) groups excluding carboxylic acids is 2. The first kappa shape index (κ1) is 19.8. The molecule has 0 aromatic heterocycles. The number of nitrogens with zero attached hydrogens (tertiary/aromatic N) is 1. The van der Waals surface area contributed by atoms with E-state index in [1.807, 2.05) is 37.3 Å². The van der Waals surface area contributed by atoms with Crippen LogP contribution in [-0.2, 0) is 9.59 Å². The summed E-state index contributed by atoms with van der Waals surface area (Å²) in [5.74, 6) is 1.20. The average molecular weight is 358 g/mol. The van der Waals surface area contributed by atoms with Gasteiger partial charge in [-0.1, -0.05) is 37.3 Å². The number of thioether (sulfide) groups is 1. The minimum atomic E-state index is -0.368. The molecule has 1 aromatic rings. The van der Waals surface area contributed by atoms with Gasteiger partial charge in [-0.25, -0.2) is 0 Å². The number of nitrogens with two attached hydrogens (primary N) is 1. The minimum absolute atomic E-state index is 0. The van der Waals surface area contributed by atoms with Gasteiger partial charge in [-0.05, 0) is 12.0 Å². The Bertz CT molecular complexity index is 515. The highest BCUT2D eigenvalue weighted by atomic mass is 35.5. The summed E-state index contributed by atoms with van der Waals surface area (Å²) >= 11 is 1.62. The topological polar surface area (TPSA) is 75.4 Å². The van der Waals surface area contributed by atoms with Crippen molar-refractivity contribution >= 4 is 36.0 Å². The predicted octanol–water partition coefficient (Wildman–Crippen LogP) is 1.93. The number of benzene rings is 1. The molecule has 1 aromatic carbocycles. The van der Waals surface area contributed by atoms with Crippen molar-refractivity contribution in [3.05, 3.63) is 35.9 Å². The Hall–Kier alpha value is -1.24. The maximum absolute atomic E-state index is 12.3. The minimum Gasteiger partial charge on any atom is -0.352 e. The van der Waals surface area contributed by atoms with Gasteiger partial charge >= 0.3 is 0 Å². The molecular weight excluding hydrogens is 334 g/mol. The Morgan fingerprint density at radius 3 is 2.74 bits per heavy atom. The Morgan fingerprint density at radius 2 is 2.09 bits per heavy atom. The zero-order valence-electron chi connectivity index (χ0n) is 13.2. The molecule has 1 aliphatic rings. The lowest BCUT2D eigenvalue weighted by Gasteiger charge is -2.23. The monoisotopic (exact) mass is 357 g/mol. The van der Waals surface area contributed by atoms with Crippen molar-refractivity contribution in [2.75, 3.05) is 18.2 Å². The molecule has 2 unspecified atom stereocenters. The van der Waals surface area contributed by atoms with E-state index in [0.717, 1.165) is 12.0 Å². The van der Waals surface area contributed by atoms with Crippen molar-refractivity contribution in [1.29, 1.82) is 0 Å². The molecule has 0 spiro atoms. The smallest absolute Gasteiger partial charge is 0.243 e. The lowest BCUT2D eigenvalue weighted by Crippen LogP contribution is -2.48. The molecule has 1 fully saturated rings. The van der Waals surface area contributed by atoms with Crippen LogP contribution in [0.2, 0.25) is 0 Å². The predicted molar refractivity (Wildman–Crippen MR) is 96.5 cm³/mol. The van der Waals surface area contributed by atoms with Crippen molar-refractivity contribution in [3.63, 3.8) is 0 Å². The average Bonchev–Trinajstić information content (AvgIpc) is 3.03. The third kappa shape index (κ3) is 5.41. The molecule has 23 heavy (non-hydrogen) atoms. The van der Waals surface area contributed by atoms with Crippen molar-refractivity contribution in [1.82, 2.24) is 10.2 Å². The van der Waals surface area contributed by atoms with Gasteiger partial charge in [0.05, 0.1) is 5.88 Å². The van der Waals surface area contributed by atoms with Gasteiger partial charge in [-0.3, -0.25) is 9.59 Å². The van der Waals surface area contributed by atoms with Crippen molar-refractivity contribution in [2.24, 2.45) is 5.73 Å². The maximum Gasteiger partial charge on any atom is 0.243 e. The fourth-order valence-electron chi connectivity index (χ4n) is 2.41. The summed E-state index contributed by atoms with van der Waals surface area (Å²) < 4.78 is 0. The summed E-state index contributed by atoms with van der Waals surface area (Å²) in [7, 11) is 0. The van der Waals surface area contributed by atoms with E-state index in [0.29, 0.717) is 24.6 Å². The van der Waals surface area contributed by atoms with Crippen molar-refractivity contribution in [3.8, 4) is 0 Å². The Kier molecular flexibility index (Phi) is 8.44. The van der Waals surface area contributed by atoms with E-state index in [1.165, 1.54) is 0 Å². The van der Waals surface area contributed by atoms with Gasteiger partial charge in [0.2, 0.25) is 11.8 Å². The third-order valence-electron chi connectivity index (χ3n) is 3.69. The summed E-state index contributed by atoms with van der Waals surface area (Å²) in [4.78, 5) is 26.0. The maximum atomic E-state index is 12.3. The van der Waals surface area contributed by atoms with Crippen LogP contribution in [0.4, 0.5) is 0 Å². The van der Waals surface area contributed by atoms with Crippen LogP contribution in [-0.4, -0.2) is 40.9 Å². The first-order chi connectivity index (χ1) is 10.6. The highest BCUT2D eigenvalue weighted by molar-refractivity contribution is 7.99. The fourth-order valence-corrected chi connectivity index (χ4v) is 3.59. The molecule has 1 saturated heterocycles. The Labute approximate surface area is 147 Å². The van der Waals surface area contributed by atoms with Gasteiger partial charge in [0.15, 0.2) is 0 Å². The second-order valence-electron chi connectivity index (χ2n) is 5.39. The molecule has 0 saturated carbocycles. The first-order valence-corrected chi connectivity index (χ1v) is 8.74. The van der Waals surface area contributed by atoms with E-state index in [9.17, 15) is 9.59 Å². The van der Waals surface area contributed by atoms with Crippen LogP contribution in [0, 0.1) is 0 Å². The number of rotatable bonds is 6. The van der Waals surface area contributed by atoms with Crippen LogP contribution in [0.1, 0.15) is 31.4 Å². The van der Waals surface area contributed by atoms with Crippen LogP contribution >= 0.6 is 24.2 Å². The fraction of sp³-hybridized carbons (Fsp3) is 0.500. The van der Waals surface area contributed by atoms with E-state index >= 15 is 0 Å². The zero-order chi connectivity index (χ0) is 15.9. The van der Waals surface area contributed by atoms with Gasteiger partial charge in [0.25, 0.3) is 0 Å². The Morgan fingerprint density at radius 1 is 1.39 bits per heavy atom. The van der Waals surface area contributed by atoms with Crippen LogP contribution in [0.5, 0.6) is 0 Å². The normalized spacial score (nSPS) is 18.2. The molecule has 1 aliphatic heterocycles. The number of hydrogen-bond acceptors (Lipinski definition) is 4. The summed E-state index contributed by atoms with van der Waals surface area (Å²) in [5.41, 5.74) is 7.07. The molecule has 1 heterocycles. The van der Waals surface area contributed by atoms with Gasteiger partial charge in [-0.2, -0.15) is 0 Å². The third-order valence-corrected chi connectivity index (χ3v) is 4.71. The highest BCUT2D eigenvalue weighted by Crippen LogP contribution is 2.22. The molecular formula is C16H24ClN3O2S. The summed E-state index contributed by atoms with van der Waals surface area (Å²) in [6.45, 7) is 2.34. The van der Waals surface area contributed by atoms with E-state index in [-0.39, 0.29) is 36.3 Å². The largest absolute Gasteiger partial charge is 0.352 e. The number of amides is 2. The van der Waals surface area contributed by atoms with Crippen LogP contribution in [0.25, 0.3) is 0 Å². The number of hydrogen-bond donors (Lipinski definition) is 2. The van der Waals surface area contributed by atoms with Gasteiger partial charge < -0.3 is 16.0 Å². The lowest BCUT2D eigenvalue weighted by atomic mass is 10.1. The second kappa shape index (κ2) is 9.80. The van der Waals surface area contributed by atoms with Gasteiger partial charge in [-0.15, -0.1) is 24.2 Å². The van der Waals surface area contributed by atoms with E-state index in [2.05, 4.69) is 5.32 Å². The summed E-state index contributed by atoms with van der Waals surface area (Å²) in [5, 5.41) is 2.88. The molecule has 5 nitrogen and oxygen atoms in total. The van der Waals surface area contributed by atoms with Crippen molar-refractivity contribution in [2.45, 2.75) is 31.8 Å². The van der Waals surface area contributed by atoms with Gasteiger partial charge in [0.1, 0.15) is 6.04 Å². The molecule has 0 radical (unpaired) electrons. The molecule has 0 bridgehead atoms. The molecule has 0 aliphatic carbocycles. The molecule has 2 amide bonds. The second-order valence-corrected chi connectivity index (χ2v) is 6.39. The molecule has 7 heteroatoms. The molecule has 128 valence electrons. The lowest BCUT2D eigenvalue weighted by molar-refractivity contribution is -0.138. The first-order valence-electron chi connectivity index (χ1n) is 7.59. The van der Waals surface area contributed by atoms with Crippen LogP contribution in [0.15, 0.2) is 30.3 Å². The number of nitrogens with one attached hydrogen (secondary N) is 1. The standard InChI is InChI=1S/C16H23N3O2S.ClH/c1-2-6-15(20)19-11-22-10-14(19)16(21)18-9-13(17)12-7-4-3-5-8-12;/h3-5,7-8,13-14H,2,6,9-11,17H2,1H3,(H,18,21);1H. The molecule has 3 N–H and O–H groups in total. The van der Waals surface area contributed by atoms with E-state index < -0.39 is 0 Å². The molecule has 2 atom stereocenters. The Balaban J connectivity index is 0.00000264. The van der Waals surface area contributed by atoms with Crippen LogP contribution < -0.4 is 11.1 Å². The summed E-state index contributed by atoms with van der Waals surface area (Å²) in [6.07, 6.45) is 1.29. The van der Waals surface area contributed by atoms with Crippen molar-refractivity contribution < 1.29 is 9.59 Å². The number of carbonyl (C=O) groups is 2. The summed E-state index contributed by atoms with van der Waals surface area (Å²) in [6, 6.07) is 9.07. The van der Waals surface area contributed by atoms with E-state index in [4.69, 9.17) is 5.73 Å². The SMILES string of the molecule is CCCC(=O)N1CSCC1C(=O)NCC(N)c1ccccc1.Cl. The zero-order valence-corrected chi connectivity index (χ0v) is 14.9. The van der Waals surface area contributed by atoms with Gasteiger partial charge in [0, 0.05) is 24.8 Å². The van der Waals surface area contributed by atoms with Crippen LogP contribution in [0.3, 0.4) is 0 Å².